The lowest BCUT2D eigenvalue weighted by Crippen LogP contribution is -2.25. The molecule has 2 rings (SSSR count). The molecule has 2 atom stereocenters. The fraction of sp³-hybridized carbons (Fsp3) is 0.692. The third kappa shape index (κ3) is 3.05. The molecule has 1 aromatic heterocycles. The van der Waals surface area contributed by atoms with E-state index >= 15 is 0 Å². The second-order valence-electron chi connectivity index (χ2n) is 4.54. The molecular formula is C13H21NS. The Kier molecular flexibility index (Phi) is 4.21. The van der Waals surface area contributed by atoms with Gasteiger partial charge in [0.15, 0.2) is 0 Å². The minimum absolute atomic E-state index is 0.923. The molecule has 1 saturated carbocycles. The smallest absolute Gasteiger partial charge is 0.00480 e. The van der Waals surface area contributed by atoms with Gasteiger partial charge in [0.05, 0.1) is 0 Å². The molecule has 0 saturated heterocycles. The first-order valence-corrected chi connectivity index (χ1v) is 7.01. The summed E-state index contributed by atoms with van der Waals surface area (Å²) in [7, 11) is 0. The van der Waals surface area contributed by atoms with Gasteiger partial charge < -0.3 is 5.32 Å². The van der Waals surface area contributed by atoms with E-state index in [0.717, 1.165) is 18.4 Å². The molecule has 0 aliphatic heterocycles. The van der Waals surface area contributed by atoms with Crippen LogP contribution in [0.15, 0.2) is 17.5 Å². The predicted molar refractivity (Wildman–Crippen MR) is 67.4 cm³/mol. The van der Waals surface area contributed by atoms with Gasteiger partial charge in [-0.2, -0.15) is 0 Å². The largest absolute Gasteiger partial charge is 0.317 e. The van der Waals surface area contributed by atoms with Crippen molar-refractivity contribution in [2.24, 2.45) is 11.8 Å². The normalized spacial score (nSPS) is 25.9. The van der Waals surface area contributed by atoms with Gasteiger partial charge in [-0.1, -0.05) is 19.4 Å². The Morgan fingerprint density at radius 2 is 2.27 bits per heavy atom. The lowest BCUT2D eigenvalue weighted by atomic mass is 9.92. The van der Waals surface area contributed by atoms with Crippen LogP contribution in [0.5, 0.6) is 0 Å². The topological polar surface area (TPSA) is 12.0 Å². The molecule has 1 aliphatic rings. The summed E-state index contributed by atoms with van der Waals surface area (Å²) < 4.78 is 0. The first-order chi connectivity index (χ1) is 7.40. The molecule has 2 unspecified atom stereocenters. The molecule has 0 bridgehead atoms. The van der Waals surface area contributed by atoms with Crippen LogP contribution in [0.1, 0.15) is 31.1 Å². The van der Waals surface area contributed by atoms with Gasteiger partial charge in [-0.3, -0.25) is 0 Å². The molecule has 1 fully saturated rings. The molecule has 1 nitrogen and oxygen atoms in total. The summed E-state index contributed by atoms with van der Waals surface area (Å²) in [5, 5.41) is 5.70. The van der Waals surface area contributed by atoms with Crippen LogP contribution in [0.25, 0.3) is 0 Å². The Labute approximate surface area is 96.9 Å². The van der Waals surface area contributed by atoms with Gasteiger partial charge in [0, 0.05) is 4.88 Å². The summed E-state index contributed by atoms with van der Waals surface area (Å²) in [6.07, 6.45) is 5.62. The van der Waals surface area contributed by atoms with E-state index in [2.05, 4.69) is 29.8 Å². The third-order valence-electron chi connectivity index (χ3n) is 3.52. The highest BCUT2D eigenvalue weighted by molar-refractivity contribution is 7.09. The van der Waals surface area contributed by atoms with Crippen LogP contribution < -0.4 is 5.32 Å². The monoisotopic (exact) mass is 223 g/mol. The maximum atomic E-state index is 3.50. The van der Waals surface area contributed by atoms with E-state index in [1.54, 1.807) is 4.88 Å². The van der Waals surface area contributed by atoms with Crippen molar-refractivity contribution < 1.29 is 0 Å². The lowest BCUT2D eigenvalue weighted by molar-refractivity contribution is 0.370. The van der Waals surface area contributed by atoms with Crippen LogP contribution >= 0.6 is 11.3 Å². The fourth-order valence-corrected chi connectivity index (χ4v) is 3.47. The van der Waals surface area contributed by atoms with E-state index in [0.29, 0.717) is 0 Å². The molecule has 15 heavy (non-hydrogen) atoms. The minimum Gasteiger partial charge on any atom is -0.317 e. The number of nitrogens with one attached hydrogen (secondary N) is 1. The first-order valence-electron chi connectivity index (χ1n) is 6.13. The van der Waals surface area contributed by atoms with Crippen molar-refractivity contribution in [3.8, 4) is 0 Å². The van der Waals surface area contributed by atoms with Gasteiger partial charge in [-0.15, -0.1) is 11.3 Å². The zero-order valence-corrected chi connectivity index (χ0v) is 10.4. The Balaban J connectivity index is 1.85. The lowest BCUT2D eigenvalue weighted by Gasteiger charge is -2.19. The molecule has 1 aromatic rings. The number of hydrogen-bond donors (Lipinski definition) is 1. The van der Waals surface area contributed by atoms with E-state index in [1.807, 2.05) is 11.3 Å². The molecule has 0 spiro atoms. The van der Waals surface area contributed by atoms with Crippen molar-refractivity contribution in [1.29, 1.82) is 0 Å². The molecule has 0 aromatic carbocycles. The fourth-order valence-electron chi connectivity index (χ4n) is 2.67. The van der Waals surface area contributed by atoms with Crippen LogP contribution in [0, 0.1) is 11.8 Å². The molecular weight excluding hydrogens is 202 g/mol. The number of rotatable bonds is 5. The highest BCUT2D eigenvalue weighted by Gasteiger charge is 2.26. The molecule has 84 valence electrons. The van der Waals surface area contributed by atoms with Gasteiger partial charge >= 0.3 is 0 Å². The molecule has 2 heteroatoms. The summed E-state index contributed by atoms with van der Waals surface area (Å²) in [5.74, 6) is 1.86. The van der Waals surface area contributed by atoms with Crippen molar-refractivity contribution in [2.75, 3.05) is 13.1 Å². The van der Waals surface area contributed by atoms with Crippen molar-refractivity contribution in [1.82, 2.24) is 5.32 Å². The Hall–Kier alpha value is -0.340. The van der Waals surface area contributed by atoms with Crippen molar-refractivity contribution in [2.45, 2.75) is 32.6 Å². The van der Waals surface area contributed by atoms with Crippen LogP contribution in [-0.4, -0.2) is 13.1 Å². The maximum Gasteiger partial charge on any atom is 0.00480 e. The molecule has 0 radical (unpaired) electrons. The summed E-state index contributed by atoms with van der Waals surface area (Å²) >= 11 is 1.92. The van der Waals surface area contributed by atoms with Crippen LogP contribution in [0.3, 0.4) is 0 Å². The quantitative estimate of drug-likeness (QED) is 0.807. The summed E-state index contributed by atoms with van der Waals surface area (Å²) in [4.78, 5) is 1.57. The van der Waals surface area contributed by atoms with Gasteiger partial charge in [-0.25, -0.2) is 0 Å². The summed E-state index contributed by atoms with van der Waals surface area (Å²) in [6.45, 7) is 4.54. The summed E-state index contributed by atoms with van der Waals surface area (Å²) in [5.41, 5.74) is 0. The van der Waals surface area contributed by atoms with E-state index in [-0.39, 0.29) is 0 Å². The highest BCUT2D eigenvalue weighted by Crippen LogP contribution is 2.34. The van der Waals surface area contributed by atoms with E-state index in [4.69, 9.17) is 0 Å². The Bertz CT molecular complexity index is 268. The van der Waals surface area contributed by atoms with Gasteiger partial charge in [0.1, 0.15) is 0 Å². The van der Waals surface area contributed by atoms with Crippen molar-refractivity contribution in [3.05, 3.63) is 22.4 Å². The molecule has 1 N–H and O–H groups in total. The van der Waals surface area contributed by atoms with Gasteiger partial charge in [0.2, 0.25) is 0 Å². The average Bonchev–Trinajstić information content (AvgIpc) is 2.87. The molecule has 0 amide bonds. The van der Waals surface area contributed by atoms with E-state index < -0.39 is 0 Å². The van der Waals surface area contributed by atoms with Crippen LogP contribution in [0.4, 0.5) is 0 Å². The van der Waals surface area contributed by atoms with Crippen LogP contribution in [0.2, 0.25) is 0 Å². The maximum absolute atomic E-state index is 3.50. The number of hydrogen-bond acceptors (Lipinski definition) is 2. The SMILES string of the molecule is CCNCC1CCCC1Cc1cccs1. The second-order valence-corrected chi connectivity index (χ2v) is 5.57. The third-order valence-corrected chi connectivity index (χ3v) is 4.42. The van der Waals surface area contributed by atoms with Crippen LogP contribution in [-0.2, 0) is 6.42 Å². The molecule has 1 heterocycles. The standard InChI is InChI=1S/C13H21NS/c1-2-14-10-12-6-3-5-11(12)9-13-7-4-8-15-13/h4,7-8,11-12,14H,2-3,5-6,9-10H2,1H3. The zero-order valence-electron chi connectivity index (χ0n) is 9.54. The van der Waals surface area contributed by atoms with Crippen molar-refractivity contribution >= 4 is 11.3 Å². The van der Waals surface area contributed by atoms with E-state index in [1.165, 1.54) is 32.2 Å². The summed E-state index contributed by atoms with van der Waals surface area (Å²) in [6, 6.07) is 4.46. The second kappa shape index (κ2) is 5.66. The first kappa shape index (κ1) is 11.2. The highest BCUT2D eigenvalue weighted by atomic mass is 32.1. The Morgan fingerprint density at radius 1 is 1.40 bits per heavy atom. The zero-order chi connectivity index (χ0) is 10.5. The minimum atomic E-state index is 0.923. The molecule has 1 aliphatic carbocycles. The average molecular weight is 223 g/mol. The van der Waals surface area contributed by atoms with Gasteiger partial charge in [0.25, 0.3) is 0 Å². The predicted octanol–water partition coefficient (Wildman–Crippen LogP) is 3.32. The Morgan fingerprint density at radius 3 is 3.00 bits per heavy atom. The van der Waals surface area contributed by atoms with Gasteiger partial charge in [-0.05, 0) is 55.6 Å². The number of thiophene rings is 1. The van der Waals surface area contributed by atoms with Crippen molar-refractivity contribution in [3.63, 3.8) is 0 Å². The van der Waals surface area contributed by atoms with E-state index in [9.17, 15) is 0 Å².